The third kappa shape index (κ3) is 4.61. The minimum absolute atomic E-state index is 0. The molecular weight excluding hydrogens is 312 g/mol. The lowest BCUT2D eigenvalue weighted by Gasteiger charge is -2.32. The van der Waals surface area contributed by atoms with E-state index in [1.54, 1.807) is 0 Å². The Balaban J connectivity index is 0.00000192. The highest BCUT2D eigenvalue weighted by atomic mass is 35.5. The second kappa shape index (κ2) is 8.55. The first-order valence-electron chi connectivity index (χ1n) is 8.49. The lowest BCUT2D eigenvalue weighted by Crippen LogP contribution is -2.43. The summed E-state index contributed by atoms with van der Waals surface area (Å²) in [5.74, 6) is 0.967. The highest BCUT2D eigenvalue weighted by Crippen LogP contribution is 2.25. The number of carbonyl (C=O) groups excluding carboxylic acids is 1. The number of hydrogen-bond donors (Lipinski definition) is 1. The van der Waals surface area contributed by atoms with Crippen LogP contribution in [0.15, 0.2) is 24.3 Å². The topological polar surface area (TPSA) is 41.6 Å². The molecule has 0 aromatic heterocycles. The molecule has 1 aromatic carbocycles. The van der Waals surface area contributed by atoms with Crippen LogP contribution in [-0.2, 0) is 0 Å². The number of carbonyl (C=O) groups is 1. The molecule has 0 radical (unpaired) electrons. The van der Waals surface area contributed by atoms with E-state index in [4.69, 9.17) is 4.74 Å². The normalized spacial score (nSPS) is 19.4. The first kappa shape index (κ1) is 18.1. The van der Waals surface area contributed by atoms with E-state index in [-0.39, 0.29) is 18.3 Å². The Morgan fingerprint density at radius 2 is 1.87 bits per heavy atom. The fraction of sp³-hybridized carbons (Fsp3) is 0.611. The zero-order valence-corrected chi connectivity index (χ0v) is 14.6. The number of nitrogens with one attached hydrogen (secondary N) is 1. The maximum absolute atomic E-state index is 12.6. The Kier molecular flexibility index (Phi) is 6.72. The largest absolute Gasteiger partial charge is 0.490 e. The molecule has 1 saturated heterocycles. The van der Waals surface area contributed by atoms with Gasteiger partial charge in [-0.2, -0.15) is 0 Å². The van der Waals surface area contributed by atoms with E-state index in [1.165, 1.54) is 12.8 Å². The number of halogens is 1. The lowest BCUT2D eigenvalue weighted by atomic mass is 10.0. The summed E-state index contributed by atoms with van der Waals surface area (Å²) >= 11 is 0. The highest BCUT2D eigenvalue weighted by Gasteiger charge is 2.23. The molecule has 0 atom stereocenters. The van der Waals surface area contributed by atoms with Gasteiger partial charge in [-0.25, -0.2) is 0 Å². The Morgan fingerprint density at radius 3 is 2.52 bits per heavy atom. The van der Waals surface area contributed by atoms with Crippen molar-refractivity contribution in [1.29, 1.82) is 0 Å². The van der Waals surface area contributed by atoms with Crippen molar-refractivity contribution in [1.82, 2.24) is 10.2 Å². The van der Waals surface area contributed by atoms with E-state index in [9.17, 15) is 4.79 Å². The summed E-state index contributed by atoms with van der Waals surface area (Å²) in [5.41, 5.74) is 0.749. The summed E-state index contributed by atoms with van der Waals surface area (Å²) in [6.45, 7) is 1.66. The summed E-state index contributed by atoms with van der Waals surface area (Å²) in [4.78, 5) is 14.6. The zero-order valence-electron chi connectivity index (χ0n) is 13.8. The van der Waals surface area contributed by atoms with Gasteiger partial charge in [-0.3, -0.25) is 4.79 Å². The van der Waals surface area contributed by atoms with E-state index in [1.807, 2.05) is 36.2 Å². The van der Waals surface area contributed by atoms with Crippen LogP contribution in [0.1, 0.15) is 48.9 Å². The smallest absolute Gasteiger partial charge is 0.253 e. The molecule has 1 aromatic rings. The van der Waals surface area contributed by atoms with Gasteiger partial charge in [0.1, 0.15) is 5.75 Å². The van der Waals surface area contributed by atoms with Crippen molar-refractivity contribution in [2.45, 2.75) is 50.7 Å². The average Bonchev–Trinajstić information content (AvgIpc) is 3.07. The monoisotopic (exact) mass is 338 g/mol. The first-order valence-corrected chi connectivity index (χ1v) is 8.49. The summed E-state index contributed by atoms with van der Waals surface area (Å²) < 4.78 is 6.01. The van der Waals surface area contributed by atoms with Gasteiger partial charge in [0, 0.05) is 24.7 Å². The van der Waals surface area contributed by atoms with E-state index in [0.29, 0.717) is 12.1 Å². The molecule has 3 rings (SSSR count). The van der Waals surface area contributed by atoms with Gasteiger partial charge in [-0.05, 0) is 63.8 Å². The SMILES string of the molecule is CNC1CCN(C(=O)c2cccc(OC3CCCC3)c2)CC1.Cl. The standard InChI is InChI=1S/C18H26N2O2.ClH/c1-19-15-9-11-20(12-10-15)18(21)14-5-4-8-17(13-14)22-16-6-2-3-7-16;/h4-5,8,13,15-16,19H,2-3,6-7,9-12H2,1H3;1H. The van der Waals surface area contributed by atoms with Crippen LogP contribution in [0.25, 0.3) is 0 Å². The number of rotatable bonds is 4. The van der Waals surface area contributed by atoms with Crippen LogP contribution in [0, 0.1) is 0 Å². The molecular formula is C18H27ClN2O2. The molecule has 5 heteroatoms. The van der Waals surface area contributed by atoms with Crippen molar-refractivity contribution >= 4 is 18.3 Å². The molecule has 1 amide bonds. The lowest BCUT2D eigenvalue weighted by molar-refractivity contribution is 0.0706. The van der Waals surface area contributed by atoms with Crippen molar-refractivity contribution < 1.29 is 9.53 Å². The maximum atomic E-state index is 12.6. The molecule has 2 fully saturated rings. The highest BCUT2D eigenvalue weighted by molar-refractivity contribution is 5.94. The van der Waals surface area contributed by atoms with Crippen LogP contribution in [0.3, 0.4) is 0 Å². The summed E-state index contributed by atoms with van der Waals surface area (Å²) in [5, 5.41) is 3.29. The average molecular weight is 339 g/mol. The second-order valence-electron chi connectivity index (χ2n) is 6.41. The predicted molar refractivity (Wildman–Crippen MR) is 94.6 cm³/mol. The molecule has 128 valence electrons. The zero-order chi connectivity index (χ0) is 15.4. The van der Waals surface area contributed by atoms with Crippen LogP contribution >= 0.6 is 12.4 Å². The van der Waals surface area contributed by atoms with Crippen molar-refractivity contribution in [2.75, 3.05) is 20.1 Å². The van der Waals surface area contributed by atoms with Crippen LogP contribution in [0.4, 0.5) is 0 Å². The van der Waals surface area contributed by atoms with E-state index in [2.05, 4.69) is 5.32 Å². The van der Waals surface area contributed by atoms with Crippen LogP contribution < -0.4 is 10.1 Å². The fourth-order valence-electron chi connectivity index (χ4n) is 3.45. The fourth-order valence-corrected chi connectivity index (χ4v) is 3.45. The van der Waals surface area contributed by atoms with E-state index in [0.717, 1.165) is 50.1 Å². The number of hydrogen-bond acceptors (Lipinski definition) is 3. The minimum Gasteiger partial charge on any atom is -0.490 e. The molecule has 1 heterocycles. The van der Waals surface area contributed by atoms with Gasteiger partial charge in [-0.1, -0.05) is 6.07 Å². The molecule has 1 saturated carbocycles. The number of nitrogens with zero attached hydrogens (tertiary/aromatic N) is 1. The number of piperidine rings is 1. The Bertz CT molecular complexity index is 509. The minimum atomic E-state index is 0. The van der Waals surface area contributed by atoms with Gasteiger partial charge in [0.05, 0.1) is 6.10 Å². The summed E-state index contributed by atoms with van der Waals surface area (Å²) in [6, 6.07) is 8.24. The molecule has 0 bridgehead atoms. The molecule has 1 N–H and O–H groups in total. The van der Waals surface area contributed by atoms with Crippen LogP contribution in [0.2, 0.25) is 0 Å². The van der Waals surface area contributed by atoms with Crippen LogP contribution in [-0.4, -0.2) is 43.1 Å². The quantitative estimate of drug-likeness (QED) is 0.916. The number of likely N-dealkylation sites (tertiary alicyclic amines) is 1. The van der Waals surface area contributed by atoms with Gasteiger partial charge >= 0.3 is 0 Å². The van der Waals surface area contributed by atoms with Gasteiger partial charge in [0.15, 0.2) is 0 Å². The molecule has 1 aliphatic carbocycles. The van der Waals surface area contributed by atoms with Crippen molar-refractivity contribution in [3.05, 3.63) is 29.8 Å². The Hall–Kier alpha value is -1.26. The third-order valence-electron chi connectivity index (χ3n) is 4.88. The molecule has 1 aliphatic heterocycles. The Morgan fingerprint density at radius 1 is 1.17 bits per heavy atom. The second-order valence-corrected chi connectivity index (χ2v) is 6.41. The third-order valence-corrected chi connectivity index (χ3v) is 4.88. The van der Waals surface area contributed by atoms with E-state index < -0.39 is 0 Å². The van der Waals surface area contributed by atoms with Gasteiger partial charge in [0.2, 0.25) is 0 Å². The summed E-state index contributed by atoms with van der Waals surface area (Å²) in [7, 11) is 1.99. The van der Waals surface area contributed by atoms with Crippen molar-refractivity contribution in [3.8, 4) is 5.75 Å². The summed E-state index contributed by atoms with van der Waals surface area (Å²) in [6.07, 6.45) is 7.16. The van der Waals surface area contributed by atoms with Crippen LogP contribution in [0.5, 0.6) is 5.75 Å². The molecule has 0 spiro atoms. The predicted octanol–water partition coefficient (Wildman–Crippen LogP) is 3.25. The van der Waals surface area contributed by atoms with E-state index >= 15 is 0 Å². The molecule has 23 heavy (non-hydrogen) atoms. The van der Waals surface area contributed by atoms with Crippen molar-refractivity contribution in [2.24, 2.45) is 0 Å². The Labute approximate surface area is 145 Å². The molecule has 0 unspecified atom stereocenters. The number of ether oxygens (including phenoxy) is 1. The first-order chi connectivity index (χ1) is 10.8. The molecule has 4 nitrogen and oxygen atoms in total. The number of amides is 1. The van der Waals surface area contributed by atoms with Crippen molar-refractivity contribution in [3.63, 3.8) is 0 Å². The maximum Gasteiger partial charge on any atom is 0.253 e. The number of benzene rings is 1. The van der Waals surface area contributed by atoms with Gasteiger partial charge in [0.25, 0.3) is 5.91 Å². The molecule has 2 aliphatic rings. The van der Waals surface area contributed by atoms with Gasteiger partial charge < -0.3 is 15.0 Å². The van der Waals surface area contributed by atoms with Gasteiger partial charge in [-0.15, -0.1) is 12.4 Å².